The molecule has 0 spiro atoms. The first-order chi connectivity index (χ1) is 22.3. The average molecular weight is 577 g/mol. The lowest BCUT2D eigenvalue weighted by Gasteiger charge is -2.11. The van der Waals surface area contributed by atoms with Crippen LogP contribution in [0, 0.1) is 0 Å². The Labute approximate surface area is 256 Å². The standard InChI is InChI=1S/C39H24N6/c1-3-11-23(12-4-1)37-42-38(24-13-5-2-6-14-24)44-39(43-37)45-33-18-10-8-15-25(33)27-21-32-28(22-34(27)45)36-31(41-32)20-19-30-35(36)26-16-7-9-17-29(26)40-30/h1-22,40-41H. The monoisotopic (exact) mass is 576 g/mol. The van der Waals surface area contributed by atoms with Gasteiger partial charge in [0.1, 0.15) is 0 Å². The molecule has 4 heterocycles. The fourth-order valence-electron chi connectivity index (χ4n) is 6.91. The van der Waals surface area contributed by atoms with E-state index in [0.717, 1.165) is 60.4 Å². The Morgan fingerprint density at radius 1 is 0.400 bits per heavy atom. The SMILES string of the molecule is c1ccc(-c2nc(-c3ccccc3)nc(-n3c4ccccc4c4cc5[nH]c6ccc7[nH]c8ccccc8c7c6c5cc43)n2)cc1. The molecule has 0 saturated heterocycles. The van der Waals surface area contributed by atoms with Gasteiger partial charge in [-0.1, -0.05) is 97.1 Å². The fraction of sp³-hybridized carbons (Fsp3) is 0. The number of hydrogen-bond acceptors (Lipinski definition) is 3. The Hall–Kier alpha value is -6.27. The van der Waals surface area contributed by atoms with Crippen LogP contribution in [-0.2, 0) is 0 Å². The van der Waals surface area contributed by atoms with E-state index >= 15 is 0 Å². The van der Waals surface area contributed by atoms with Crippen LogP contribution >= 0.6 is 0 Å². The summed E-state index contributed by atoms with van der Waals surface area (Å²) in [5, 5.41) is 7.11. The fourth-order valence-corrected chi connectivity index (χ4v) is 6.91. The molecule has 6 aromatic carbocycles. The summed E-state index contributed by atoms with van der Waals surface area (Å²) < 4.78 is 2.19. The third kappa shape index (κ3) is 3.53. The number of H-pyrrole nitrogens is 2. The number of aromatic nitrogens is 6. The van der Waals surface area contributed by atoms with Crippen molar-refractivity contribution < 1.29 is 0 Å². The largest absolute Gasteiger partial charge is 0.354 e. The summed E-state index contributed by atoms with van der Waals surface area (Å²) in [7, 11) is 0. The molecule has 6 nitrogen and oxygen atoms in total. The van der Waals surface area contributed by atoms with Crippen molar-refractivity contribution >= 4 is 65.4 Å². The number of benzene rings is 6. The van der Waals surface area contributed by atoms with Gasteiger partial charge in [-0.25, -0.2) is 4.98 Å². The maximum Gasteiger partial charge on any atom is 0.238 e. The van der Waals surface area contributed by atoms with E-state index in [4.69, 9.17) is 15.0 Å². The Morgan fingerprint density at radius 2 is 0.978 bits per heavy atom. The van der Waals surface area contributed by atoms with Crippen LogP contribution in [0.2, 0.25) is 0 Å². The number of rotatable bonds is 3. The zero-order chi connectivity index (χ0) is 29.5. The number of aromatic amines is 2. The van der Waals surface area contributed by atoms with E-state index in [9.17, 15) is 0 Å². The summed E-state index contributed by atoms with van der Waals surface area (Å²) >= 11 is 0. The zero-order valence-electron chi connectivity index (χ0n) is 24.0. The van der Waals surface area contributed by atoms with Gasteiger partial charge < -0.3 is 9.97 Å². The molecule has 10 rings (SSSR count). The minimum atomic E-state index is 0.588. The minimum absolute atomic E-state index is 0.588. The first-order valence-corrected chi connectivity index (χ1v) is 15.1. The van der Waals surface area contributed by atoms with Gasteiger partial charge >= 0.3 is 0 Å². The minimum Gasteiger partial charge on any atom is -0.354 e. The van der Waals surface area contributed by atoms with Crippen LogP contribution in [0.15, 0.2) is 133 Å². The second-order valence-corrected chi connectivity index (χ2v) is 11.5. The van der Waals surface area contributed by atoms with Crippen molar-refractivity contribution in [1.29, 1.82) is 0 Å². The maximum atomic E-state index is 5.11. The van der Waals surface area contributed by atoms with Crippen molar-refractivity contribution in [2.45, 2.75) is 0 Å². The van der Waals surface area contributed by atoms with Gasteiger partial charge in [0.2, 0.25) is 5.95 Å². The van der Waals surface area contributed by atoms with Crippen molar-refractivity contribution in [3.05, 3.63) is 133 Å². The molecule has 2 N–H and O–H groups in total. The Morgan fingerprint density at radius 3 is 1.69 bits per heavy atom. The predicted octanol–water partition coefficient (Wildman–Crippen LogP) is 9.57. The zero-order valence-corrected chi connectivity index (χ0v) is 24.0. The van der Waals surface area contributed by atoms with Crippen molar-refractivity contribution in [1.82, 2.24) is 29.5 Å². The lowest BCUT2D eigenvalue weighted by atomic mass is 10.0. The summed E-state index contributed by atoms with van der Waals surface area (Å²) in [4.78, 5) is 22.5. The summed E-state index contributed by atoms with van der Waals surface area (Å²) in [6, 6.07) is 46.2. The van der Waals surface area contributed by atoms with Gasteiger partial charge in [-0.15, -0.1) is 0 Å². The van der Waals surface area contributed by atoms with E-state index in [1.807, 2.05) is 60.7 Å². The van der Waals surface area contributed by atoms with Gasteiger partial charge in [0.25, 0.3) is 0 Å². The summed E-state index contributed by atoms with van der Waals surface area (Å²) in [6.07, 6.45) is 0. The maximum absolute atomic E-state index is 5.11. The number of nitrogens with zero attached hydrogens (tertiary/aromatic N) is 4. The van der Waals surface area contributed by atoms with Gasteiger partial charge in [-0.3, -0.25) is 4.57 Å². The third-order valence-corrected chi connectivity index (χ3v) is 8.91. The highest BCUT2D eigenvalue weighted by Crippen LogP contribution is 2.40. The van der Waals surface area contributed by atoms with E-state index < -0.39 is 0 Å². The molecule has 10 aromatic rings. The van der Waals surface area contributed by atoms with Crippen LogP contribution in [0.3, 0.4) is 0 Å². The highest BCUT2D eigenvalue weighted by Gasteiger charge is 2.20. The number of para-hydroxylation sites is 2. The Kier molecular flexibility index (Phi) is 4.90. The molecule has 4 aromatic heterocycles. The molecule has 0 amide bonds. The molecule has 0 atom stereocenters. The van der Waals surface area contributed by atoms with Crippen LogP contribution in [0.1, 0.15) is 0 Å². The second kappa shape index (κ2) is 9.11. The van der Waals surface area contributed by atoms with Gasteiger partial charge in [0.05, 0.1) is 11.0 Å². The van der Waals surface area contributed by atoms with E-state index in [0.29, 0.717) is 17.6 Å². The van der Waals surface area contributed by atoms with Crippen LogP contribution in [0.5, 0.6) is 0 Å². The molecule has 0 saturated carbocycles. The topological polar surface area (TPSA) is 75.2 Å². The molecule has 210 valence electrons. The number of nitrogens with one attached hydrogen (secondary N) is 2. The van der Waals surface area contributed by atoms with E-state index in [-0.39, 0.29) is 0 Å². The van der Waals surface area contributed by atoms with Gasteiger partial charge in [0.15, 0.2) is 11.6 Å². The lowest BCUT2D eigenvalue weighted by Crippen LogP contribution is -2.06. The highest BCUT2D eigenvalue weighted by atomic mass is 15.2. The molecule has 6 heteroatoms. The van der Waals surface area contributed by atoms with E-state index in [1.165, 1.54) is 16.2 Å². The molecule has 0 aliphatic rings. The summed E-state index contributed by atoms with van der Waals surface area (Å²) in [5.41, 5.74) is 8.46. The second-order valence-electron chi connectivity index (χ2n) is 11.5. The van der Waals surface area contributed by atoms with Crippen molar-refractivity contribution in [3.8, 4) is 28.7 Å². The third-order valence-electron chi connectivity index (χ3n) is 8.91. The molecule has 0 aliphatic carbocycles. The smallest absolute Gasteiger partial charge is 0.238 e. The van der Waals surface area contributed by atoms with Crippen molar-refractivity contribution in [2.24, 2.45) is 0 Å². The van der Waals surface area contributed by atoms with Gasteiger partial charge in [0, 0.05) is 65.5 Å². The Bertz CT molecular complexity index is 2690. The molecule has 0 bridgehead atoms. The average Bonchev–Trinajstić information content (AvgIpc) is 3.76. The van der Waals surface area contributed by atoms with E-state index in [2.05, 4.69) is 87.3 Å². The van der Waals surface area contributed by atoms with Crippen molar-refractivity contribution in [3.63, 3.8) is 0 Å². The normalized spacial score (nSPS) is 12.0. The Balaban J connectivity index is 1.34. The first kappa shape index (κ1) is 24.2. The number of hydrogen-bond donors (Lipinski definition) is 2. The molecular weight excluding hydrogens is 552 g/mol. The molecular formula is C39H24N6. The predicted molar refractivity (Wildman–Crippen MR) is 184 cm³/mol. The van der Waals surface area contributed by atoms with Crippen molar-refractivity contribution in [2.75, 3.05) is 0 Å². The number of fused-ring (bicyclic) bond motifs is 10. The lowest BCUT2D eigenvalue weighted by molar-refractivity contribution is 0.954. The first-order valence-electron chi connectivity index (χ1n) is 15.1. The highest BCUT2D eigenvalue weighted by molar-refractivity contribution is 6.29. The molecule has 45 heavy (non-hydrogen) atoms. The molecule has 0 radical (unpaired) electrons. The van der Waals surface area contributed by atoms with E-state index in [1.54, 1.807) is 0 Å². The summed E-state index contributed by atoms with van der Waals surface area (Å²) in [6.45, 7) is 0. The van der Waals surface area contributed by atoms with Crippen LogP contribution in [-0.4, -0.2) is 29.5 Å². The summed E-state index contributed by atoms with van der Waals surface area (Å²) in [5.74, 6) is 1.86. The van der Waals surface area contributed by atoms with Crippen LogP contribution in [0.25, 0.3) is 94.1 Å². The van der Waals surface area contributed by atoms with Gasteiger partial charge in [-0.05, 0) is 36.4 Å². The van der Waals surface area contributed by atoms with Crippen LogP contribution in [0.4, 0.5) is 0 Å². The van der Waals surface area contributed by atoms with Gasteiger partial charge in [-0.2, -0.15) is 9.97 Å². The molecule has 0 aliphatic heterocycles. The van der Waals surface area contributed by atoms with Crippen LogP contribution < -0.4 is 0 Å². The molecule has 0 fully saturated rings. The molecule has 0 unspecified atom stereocenters. The quantitative estimate of drug-likeness (QED) is 0.220.